The zero-order valence-electron chi connectivity index (χ0n) is 18.0. The molecule has 1 aliphatic rings. The molecule has 0 saturated carbocycles. The van der Waals surface area contributed by atoms with Crippen LogP contribution in [0.1, 0.15) is 41.1 Å². The van der Waals surface area contributed by atoms with E-state index in [1.165, 1.54) is 17.0 Å². The molecule has 1 aliphatic heterocycles. The molecule has 2 unspecified atom stereocenters. The average molecular weight is 455 g/mol. The molecule has 162 valence electrons. The fourth-order valence-electron chi connectivity index (χ4n) is 4.44. The second-order valence-electron chi connectivity index (χ2n) is 7.80. The molecule has 4 rings (SSSR count). The number of nitrogens with zero attached hydrogens (tertiary/aromatic N) is 3. The molecular formula is C24H27ClN4OS. The van der Waals surface area contributed by atoms with E-state index >= 15 is 0 Å². The lowest BCUT2D eigenvalue weighted by Gasteiger charge is -2.28. The minimum atomic E-state index is -0.0181. The summed E-state index contributed by atoms with van der Waals surface area (Å²) in [6, 6.07) is 16.3. The molecule has 2 atom stereocenters. The summed E-state index contributed by atoms with van der Waals surface area (Å²) in [5.74, 6) is 0. The number of benzene rings is 1. The number of hydrogen-bond acceptors (Lipinski definition) is 3. The van der Waals surface area contributed by atoms with Crippen LogP contribution in [0, 0.1) is 13.8 Å². The Morgan fingerprint density at radius 3 is 2.61 bits per heavy atom. The van der Waals surface area contributed by atoms with Crippen LogP contribution in [0.4, 0.5) is 0 Å². The van der Waals surface area contributed by atoms with E-state index in [1.807, 2.05) is 30.5 Å². The highest BCUT2D eigenvalue weighted by Gasteiger charge is 2.41. The Hall–Kier alpha value is -2.41. The van der Waals surface area contributed by atoms with Gasteiger partial charge < -0.3 is 19.5 Å². The van der Waals surface area contributed by atoms with E-state index in [0.717, 1.165) is 34.5 Å². The van der Waals surface area contributed by atoms with Crippen molar-refractivity contribution in [1.29, 1.82) is 0 Å². The summed E-state index contributed by atoms with van der Waals surface area (Å²) >= 11 is 11.9. The van der Waals surface area contributed by atoms with Crippen molar-refractivity contribution in [2.75, 3.05) is 20.3 Å². The van der Waals surface area contributed by atoms with E-state index in [9.17, 15) is 0 Å². The Morgan fingerprint density at radius 2 is 1.94 bits per heavy atom. The smallest absolute Gasteiger partial charge is 0.170 e. The van der Waals surface area contributed by atoms with E-state index in [4.69, 9.17) is 28.6 Å². The lowest BCUT2D eigenvalue weighted by atomic mass is 9.96. The maximum Gasteiger partial charge on any atom is 0.170 e. The van der Waals surface area contributed by atoms with Crippen molar-refractivity contribution in [3.63, 3.8) is 0 Å². The van der Waals surface area contributed by atoms with Gasteiger partial charge in [-0.25, -0.2) is 0 Å². The second-order valence-corrected chi connectivity index (χ2v) is 8.63. The summed E-state index contributed by atoms with van der Waals surface area (Å²) in [6.45, 7) is 5.82. The Bertz CT molecular complexity index is 1050. The molecule has 2 aromatic heterocycles. The number of pyridine rings is 1. The number of rotatable bonds is 7. The number of thiocarbonyl (C=S) groups is 1. The number of methoxy groups -OCH3 is 1. The van der Waals surface area contributed by atoms with Crippen LogP contribution < -0.4 is 5.32 Å². The van der Waals surface area contributed by atoms with Gasteiger partial charge in [0.1, 0.15) is 0 Å². The molecule has 0 amide bonds. The van der Waals surface area contributed by atoms with Crippen LogP contribution in [-0.2, 0) is 4.74 Å². The standard InChI is InChI=1S/C24H27ClN4OS/c1-16-15-20(17(2)29(16)19-10-8-18(25)9-11-19)23-22(21-7-4-5-12-26-21)27-24(31)28(23)13-6-14-30-3/h4-5,7-12,15,22-23H,6,13-14H2,1-3H3,(H,27,31). The first-order valence-corrected chi connectivity index (χ1v) is 11.2. The molecule has 7 heteroatoms. The molecule has 0 bridgehead atoms. The second kappa shape index (κ2) is 9.39. The number of halogens is 1. The number of ether oxygens (including phenoxy) is 1. The number of aromatic nitrogens is 2. The Labute approximate surface area is 194 Å². The fourth-order valence-corrected chi connectivity index (χ4v) is 4.90. The van der Waals surface area contributed by atoms with Crippen LogP contribution in [0.25, 0.3) is 5.69 Å². The van der Waals surface area contributed by atoms with Crippen LogP contribution in [-0.4, -0.2) is 39.8 Å². The van der Waals surface area contributed by atoms with Gasteiger partial charge in [-0.05, 0) is 80.5 Å². The zero-order chi connectivity index (χ0) is 22.0. The van der Waals surface area contributed by atoms with E-state index in [0.29, 0.717) is 6.61 Å². The van der Waals surface area contributed by atoms with E-state index < -0.39 is 0 Å². The predicted octanol–water partition coefficient (Wildman–Crippen LogP) is 5.15. The summed E-state index contributed by atoms with van der Waals surface area (Å²) in [5.41, 5.74) is 5.69. The van der Waals surface area contributed by atoms with Crippen molar-refractivity contribution < 1.29 is 4.74 Å². The lowest BCUT2D eigenvalue weighted by Crippen LogP contribution is -2.31. The van der Waals surface area contributed by atoms with E-state index in [2.05, 4.69) is 57.9 Å². The van der Waals surface area contributed by atoms with Crippen molar-refractivity contribution in [2.45, 2.75) is 32.4 Å². The summed E-state index contributed by atoms with van der Waals surface area (Å²) in [5, 5.41) is 5.02. The maximum atomic E-state index is 6.11. The molecule has 31 heavy (non-hydrogen) atoms. The summed E-state index contributed by atoms with van der Waals surface area (Å²) in [7, 11) is 1.73. The van der Waals surface area contributed by atoms with Crippen molar-refractivity contribution >= 4 is 28.9 Å². The number of aryl methyl sites for hydroxylation is 1. The Kier molecular flexibility index (Phi) is 6.60. The SMILES string of the molecule is COCCCN1C(=S)NC(c2ccccn2)C1c1cc(C)n(-c2ccc(Cl)cc2)c1C. The molecule has 0 radical (unpaired) electrons. The molecule has 0 spiro atoms. The van der Waals surface area contributed by atoms with Gasteiger partial charge in [0.2, 0.25) is 0 Å². The van der Waals surface area contributed by atoms with Crippen molar-refractivity contribution in [3.8, 4) is 5.69 Å². The fraction of sp³-hybridized carbons (Fsp3) is 0.333. The van der Waals surface area contributed by atoms with Crippen LogP contribution >= 0.6 is 23.8 Å². The third-order valence-corrected chi connectivity index (χ3v) is 6.42. The Morgan fingerprint density at radius 1 is 1.16 bits per heavy atom. The van der Waals surface area contributed by atoms with Crippen LogP contribution in [0.5, 0.6) is 0 Å². The normalized spacial score (nSPS) is 18.5. The van der Waals surface area contributed by atoms with Gasteiger partial charge in [0, 0.05) is 48.6 Å². The van der Waals surface area contributed by atoms with Gasteiger partial charge in [-0.3, -0.25) is 4.98 Å². The van der Waals surface area contributed by atoms with Gasteiger partial charge in [-0.15, -0.1) is 0 Å². The van der Waals surface area contributed by atoms with Crippen molar-refractivity contribution in [2.24, 2.45) is 0 Å². The molecule has 1 N–H and O–H groups in total. The van der Waals surface area contributed by atoms with Gasteiger partial charge in [0.15, 0.2) is 5.11 Å². The first-order valence-electron chi connectivity index (χ1n) is 10.4. The molecule has 5 nitrogen and oxygen atoms in total. The largest absolute Gasteiger partial charge is 0.385 e. The third kappa shape index (κ3) is 4.33. The predicted molar refractivity (Wildman–Crippen MR) is 129 cm³/mol. The van der Waals surface area contributed by atoms with Gasteiger partial charge >= 0.3 is 0 Å². The first kappa shape index (κ1) is 21.8. The molecule has 1 saturated heterocycles. The zero-order valence-corrected chi connectivity index (χ0v) is 19.6. The van der Waals surface area contributed by atoms with Gasteiger partial charge in [0.05, 0.1) is 17.8 Å². The third-order valence-electron chi connectivity index (χ3n) is 5.82. The maximum absolute atomic E-state index is 6.11. The van der Waals surface area contributed by atoms with Gasteiger partial charge in [0.25, 0.3) is 0 Å². The highest BCUT2D eigenvalue weighted by atomic mass is 35.5. The highest BCUT2D eigenvalue weighted by molar-refractivity contribution is 7.80. The average Bonchev–Trinajstić information content (AvgIpc) is 3.25. The molecule has 0 aliphatic carbocycles. The highest BCUT2D eigenvalue weighted by Crippen LogP contribution is 2.41. The number of nitrogens with one attached hydrogen (secondary N) is 1. The van der Waals surface area contributed by atoms with E-state index in [1.54, 1.807) is 7.11 Å². The topological polar surface area (TPSA) is 42.3 Å². The van der Waals surface area contributed by atoms with Gasteiger partial charge in [-0.1, -0.05) is 17.7 Å². The molecule has 3 heterocycles. The summed E-state index contributed by atoms with van der Waals surface area (Å²) < 4.78 is 7.56. The number of hydrogen-bond donors (Lipinski definition) is 1. The summed E-state index contributed by atoms with van der Waals surface area (Å²) in [6.07, 6.45) is 2.74. The lowest BCUT2D eigenvalue weighted by molar-refractivity contribution is 0.180. The molecule has 1 aromatic carbocycles. The summed E-state index contributed by atoms with van der Waals surface area (Å²) in [4.78, 5) is 6.91. The van der Waals surface area contributed by atoms with Crippen molar-refractivity contribution in [3.05, 3.63) is 82.4 Å². The molecular weight excluding hydrogens is 428 g/mol. The van der Waals surface area contributed by atoms with Crippen molar-refractivity contribution in [1.82, 2.24) is 19.8 Å². The van der Waals surface area contributed by atoms with Crippen LogP contribution in [0.3, 0.4) is 0 Å². The van der Waals surface area contributed by atoms with Crippen LogP contribution in [0.15, 0.2) is 54.7 Å². The quantitative estimate of drug-likeness (QED) is 0.395. The Balaban J connectivity index is 1.78. The minimum absolute atomic E-state index is 0.0181. The first-order chi connectivity index (χ1) is 15.0. The molecule has 3 aromatic rings. The monoisotopic (exact) mass is 454 g/mol. The van der Waals surface area contributed by atoms with E-state index in [-0.39, 0.29) is 12.1 Å². The van der Waals surface area contributed by atoms with Gasteiger partial charge in [-0.2, -0.15) is 0 Å². The molecule has 1 fully saturated rings. The minimum Gasteiger partial charge on any atom is -0.385 e. The van der Waals surface area contributed by atoms with Crippen LogP contribution in [0.2, 0.25) is 5.02 Å².